The van der Waals surface area contributed by atoms with Gasteiger partial charge in [-0.3, -0.25) is 0 Å². The highest BCUT2D eigenvalue weighted by atomic mass is 16.5. The van der Waals surface area contributed by atoms with Gasteiger partial charge in [-0.05, 0) is 49.1 Å². The average Bonchev–Trinajstić information content (AvgIpc) is 2.52. The van der Waals surface area contributed by atoms with Gasteiger partial charge in [0.1, 0.15) is 0 Å². The summed E-state index contributed by atoms with van der Waals surface area (Å²) in [5.74, 6) is 0. The molecule has 0 saturated heterocycles. The topological polar surface area (TPSA) is 33.0 Å². The molecule has 0 unspecified atom stereocenters. The van der Waals surface area contributed by atoms with Crippen molar-refractivity contribution in [3.8, 4) is 6.07 Å². The quantitative estimate of drug-likeness (QED) is 0.678. The van der Waals surface area contributed by atoms with Crippen molar-refractivity contribution in [2.45, 2.75) is 33.8 Å². The standard InChI is InChI=1S/C19H23NO/c1-4-7-9-16(8-5-2)14-21-15-19-12-17(13-20)10-11-18(19)6-3/h4-5,7-12H,6,14-15H2,1-3H3/b7-4-,8-5-,16-9+. The Kier molecular flexibility index (Phi) is 7.86. The molecular weight excluding hydrogens is 258 g/mol. The minimum absolute atomic E-state index is 0.531. The molecule has 0 aliphatic rings. The van der Waals surface area contributed by atoms with Crippen molar-refractivity contribution in [1.82, 2.24) is 0 Å². The van der Waals surface area contributed by atoms with E-state index in [1.807, 2.05) is 62.4 Å². The van der Waals surface area contributed by atoms with Gasteiger partial charge in [0.05, 0.1) is 24.8 Å². The van der Waals surface area contributed by atoms with Gasteiger partial charge in [-0.1, -0.05) is 43.4 Å². The van der Waals surface area contributed by atoms with Crippen LogP contribution < -0.4 is 0 Å². The molecule has 21 heavy (non-hydrogen) atoms. The van der Waals surface area contributed by atoms with Crippen LogP contribution in [0.4, 0.5) is 0 Å². The monoisotopic (exact) mass is 281 g/mol. The Morgan fingerprint density at radius 2 is 2.05 bits per heavy atom. The van der Waals surface area contributed by atoms with Crippen molar-refractivity contribution in [2.24, 2.45) is 0 Å². The van der Waals surface area contributed by atoms with Crippen LogP contribution in [-0.2, 0) is 17.8 Å². The molecule has 0 fully saturated rings. The molecule has 0 N–H and O–H groups in total. The van der Waals surface area contributed by atoms with E-state index in [0.29, 0.717) is 18.8 Å². The van der Waals surface area contributed by atoms with Gasteiger partial charge in [-0.15, -0.1) is 0 Å². The van der Waals surface area contributed by atoms with Crippen LogP contribution in [0.5, 0.6) is 0 Å². The molecular formula is C19H23NO. The third kappa shape index (κ3) is 5.81. The van der Waals surface area contributed by atoms with Crippen molar-refractivity contribution < 1.29 is 4.74 Å². The largest absolute Gasteiger partial charge is 0.372 e. The third-order valence-corrected chi connectivity index (χ3v) is 3.13. The van der Waals surface area contributed by atoms with E-state index < -0.39 is 0 Å². The molecule has 0 bridgehead atoms. The van der Waals surface area contributed by atoms with Crippen LogP contribution in [0.3, 0.4) is 0 Å². The second-order valence-corrected chi connectivity index (χ2v) is 4.71. The number of aryl methyl sites for hydroxylation is 1. The van der Waals surface area contributed by atoms with Crippen molar-refractivity contribution >= 4 is 0 Å². The van der Waals surface area contributed by atoms with E-state index in [4.69, 9.17) is 10.00 Å². The molecule has 2 nitrogen and oxygen atoms in total. The normalized spacial score (nSPS) is 12.2. The second-order valence-electron chi connectivity index (χ2n) is 4.71. The molecule has 1 aromatic rings. The molecule has 0 radical (unpaired) electrons. The predicted octanol–water partition coefficient (Wildman–Crippen LogP) is 4.72. The SMILES string of the molecule is C\C=C/C=C(\C=C/C)COCc1cc(C#N)ccc1CC. The van der Waals surface area contributed by atoms with Crippen molar-refractivity contribution in [2.75, 3.05) is 6.61 Å². The minimum atomic E-state index is 0.531. The number of hydrogen-bond donors (Lipinski definition) is 0. The van der Waals surface area contributed by atoms with Gasteiger partial charge in [0.2, 0.25) is 0 Å². The second kappa shape index (κ2) is 9.74. The lowest BCUT2D eigenvalue weighted by molar-refractivity contribution is 0.144. The summed E-state index contributed by atoms with van der Waals surface area (Å²) in [6, 6.07) is 7.97. The summed E-state index contributed by atoms with van der Waals surface area (Å²) in [6.07, 6.45) is 11.0. The Bertz CT molecular complexity index is 574. The molecule has 0 aromatic heterocycles. The number of ether oxygens (including phenoxy) is 1. The van der Waals surface area contributed by atoms with Crippen molar-refractivity contribution in [1.29, 1.82) is 5.26 Å². The first-order chi connectivity index (χ1) is 10.2. The Hall–Kier alpha value is -2.11. The van der Waals surface area contributed by atoms with Gasteiger partial charge in [-0.2, -0.15) is 5.26 Å². The lowest BCUT2D eigenvalue weighted by atomic mass is 10.0. The summed E-state index contributed by atoms with van der Waals surface area (Å²) >= 11 is 0. The zero-order valence-electron chi connectivity index (χ0n) is 13.1. The molecule has 1 rings (SSSR count). The molecule has 0 atom stereocenters. The maximum atomic E-state index is 8.99. The fourth-order valence-electron chi connectivity index (χ4n) is 2.04. The van der Waals surface area contributed by atoms with Gasteiger partial charge in [-0.25, -0.2) is 0 Å². The lowest BCUT2D eigenvalue weighted by Crippen LogP contribution is -2.01. The Labute approximate surface area is 128 Å². The molecule has 0 amide bonds. The lowest BCUT2D eigenvalue weighted by Gasteiger charge is -2.10. The average molecular weight is 281 g/mol. The van der Waals surface area contributed by atoms with E-state index in [-0.39, 0.29) is 0 Å². The van der Waals surface area contributed by atoms with E-state index in [1.165, 1.54) is 5.56 Å². The Morgan fingerprint density at radius 1 is 1.24 bits per heavy atom. The summed E-state index contributed by atoms with van der Waals surface area (Å²) in [4.78, 5) is 0. The van der Waals surface area contributed by atoms with Gasteiger partial charge in [0, 0.05) is 0 Å². The van der Waals surface area contributed by atoms with E-state index in [0.717, 1.165) is 17.6 Å². The molecule has 0 spiro atoms. The van der Waals surface area contributed by atoms with Crippen LogP contribution in [0.15, 0.2) is 54.2 Å². The first-order valence-corrected chi connectivity index (χ1v) is 7.29. The van der Waals surface area contributed by atoms with Gasteiger partial charge in [0.25, 0.3) is 0 Å². The first kappa shape index (κ1) is 16.9. The zero-order valence-corrected chi connectivity index (χ0v) is 13.1. The van der Waals surface area contributed by atoms with E-state index in [1.54, 1.807) is 0 Å². The number of nitrogens with zero attached hydrogens (tertiary/aromatic N) is 1. The fraction of sp³-hybridized carbons (Fsp3) is 0.316. The van der Waals surface area contributed by atoms with Crippen LogP contribution in [0.1, 0.15) is 37.5 Å². The van der Waals surface area contributed by atoms with Gasteiger partial charge in [0.15, 0.2) is 0 Å². The predicted molar refractivity (Wildman–Crippen MR) is 87.9 cm³/mol. The molecule has 0 saturated carbocycles. The summed E-state index contributed by atoms with van der Waals surface area (Å²) in [6.45, 7) is 7.20. The van der Waals surface area contributed by atoms with Gasteiger partial charge >= 0.3 is 0 Å². The van der Waals surface area contributed by atoms with E-state index in [9.17, 15) is 0 Å². The number of benzene rings is 1. The highest BCUT2D eigenvalue weighted by Gasteiger charge is 2.03. The number of allylic oxidation sites excluding steroid dienone is 4. The molecule has 0 heterocycles. The molecule has 2 heteroatoms. The van der Waals surface area contributed by atoms with E-state index >= 15 is 0 Å². The van der Waals surface area contributed by atoms with Crippen molar-refractivity contribution in [3.63, 3.8) is 0 Å². The Balaban J connectivity index is 2.72. The molecule has 0 aliphatic heterocycles. The maximum Gasteiger partial charge on any atom is 0.0991 e. The van der Waals surface area contributed by atoms with Crippen LogP contribution in [0.2, 0.25) is 0 Å². The summed E-state index contributed by atoms with van der Waals surface area (Å²) < 4.78 is 5.81. The zero-order chi connectivity index (χ0) is 15.5. The van der Waals surface area contributed by atoms with E-state index in [2.05, 4.69) is 13.0 Å². The number of rotatable bonds is 7. The summed E-state index contributed by atoms with van der Waals surface area (Å²) in [5.41, 5.74) is 4.15. The number of hydrogen-bond acceptors (Lipinski definition) is 2. The smallest absolute Gasteiger partial charge is 0.0991 e. The van der Waals surface area contributed by atoms with Crippen LogP contribution in [0.25, 0.3) is 0 Å². The van der Waals surface area contributed by atoms with Crippen LogP contribution in [0, 0.1) is 11.3 Å². The summed E-state index contributed by atoms with van der Waals surface area (Å²) in [5, 5.41) is 8.99. The summed E-state index contributed by atoms with van der Waals surface area (Å²) in [7, 11) is 0. The minimum Gasteiger partial charge on any atom is -0.372 e. The van der Waals surface area contributed by atoms with Gasteiger partial charge < -0.3 is 4.74 Å². The maximum absolute atomic E-state index is 8.99. The first-order valence-electron chi connectivity index (χ1n) is 7.29. The molecule has 1 aromatic carbocycles. The number of nitriles is 1. The molecule has 110 valence electrons. The van der Waals surface area contributed by atoms with Crippen LogP contribution in [-0.4, -0.2) is 6.61 Å². The highest BCUT2D eigenvalue weighted by Crippen LogP contribution is 2.14. The third-order valence-electron chi connectivity index (χ3n) is 3.13. The Morgan fingerprint density at radius 3 is 2.67 bits per heavy atom. The fourth-order valence-corrected chi connectivity index (χ4v) is 2.04. The molecule has 0 aliphatic carbocycles. The van der Waals surface area contributed by atoms with Crippen LogP contribution >= 0.6 is 0 Å². The van der Waals surface area contributed by atoms with Crippen molar-refractivity contribution in [3.05, 3.63) is 70.8 Å². The highest BCUT2D eigenvalue weighted by molar-refractivity contribution is 5.38.